The first-order valence-corrected chi connectivity index (χ1v) is 5.12. The summed E-state index contributed by atoms with van der Waals surface area (Å²) in [6.07, 6.45) is 0. The Balaban J connectivity index is 2.50. The molecule has 86 valence electrons. The first kappa shape index (κ1) is 12.1. The number of carbonyl (C=O) groups is 2. The number of carbonyl (C=O) groups excluding carboxylic acids is 2. The fourth-order valence-corrected chi connectivity index (χ4v) is 1.78. The Hall–Kier alpha value is -0.940. The number of nitrogens with zero attached hydrogens (tertiary/aromatic N) is 1. The van der Waals surface area contributed by atoms with E-state index in [0.717, 1.165) is 0 Å². The van der Waals surface area contributed by atoms with Gasteiger partial charge in [-0.1, -0.05) is 0 Å². The molecule has 0 aromatic rings. The van der Waals surface area contributed by atoms with Crippen molar-refractivity contribution in [3.05, 3.63) is 0 Å². The summed E-state index contributed by atoms with van der Waals surface area (Å²) in [5, 5.41) is 2.27. The van der Waals surface area contributed by atoms with Crippen LogP contribution in [0.15, 0.2) is 0 Å². The quantitative estimate of drug-likeness (QED) is 0.656. The molecular weight excluding hydrogens is 196 g/mol. The summed E-state index contributed by atoms with van der Waals surface area (Å²) in [5.41, 5.74) is -0.327. The van der Waals surface area contributed by atoms with Gasteiger partial charge in [0.05, 0.1) is 18.7 Å². The maximum atomic E-state index is 11.1. The number of ether oxygens (including phenoxy) is 1. The molecular formula is C10H18N2O3. The van der Waals surface area contributed by atoms with E-state index in [0.29, 0.717) is 13.2 Å². The van der Waals surface area contributed by atoms with Crippen molar-refractivity contribution in [2.75, 3.05) is 26.2 Å². The van der Waals surface area contributed by atoms with Crippen molar-refractivity contribution in [1.82, 2.24) is 10.2 Å². The van der Waals surface area contributed by atoms with Crippen molar-refractivity contribution in [3.8, 4) is 0 Å². The van der Waals surface area contributed by atoms with Crippen LogP contribution in [-0.2, 0) is 14.3 Å². The maximum Gasteiger partial charge on any atom is 0.240 e. The predicted molar refractivity (Wildman–Crippen MR) is 55.3 cm³/mol. The van der Waals surface area contributed by atoms with Crippen LogP contribution in [0.4, 0.5) is 0 Å². The number of piperazine rings is 1. The molecule has 0 spiro atoms. The molecule has 1 N–H and O–H groups in total. The first-order valence-electron chi connectivity index (χ1n) is 5.12. The molecule has 5 heteroatoms. The summed E-state index contributed by atoms with van der Waals surface area (Å²) in [7, 11) is 0. The van der Waals surface area contributed by atoms with Gasteiger partial charge in [0.25, 0.3) is 0 Å². The fourth-order valence-electron chi connectivity index (χ4n) is 1.78. The van der Waals surface area contributed by atoms with Crippen LogP contribution >= 0.6 is 0 Å². The number of imide groups is 1. The fraction of sp³-hybridized carbons (Fsp3) is 0.800. The molecule has 5 nitrogen and oxygen atoms in total. The summed E-state index contributed by atoms with van der Waals surface area (Å²) in [6, 6.07) is 0. The second-order valence-electron chi connectivity index (χ2n) is 4.31. The van der Waals surface area contributed by atoms with Crippen molar-refractivity contribution in [2.24, 2.45) is 0 Å². The molecule has 1 aliphatic rings. The van der Waals surface area contributed by atoms with Crippen molar-refractivity contribution in [3.63, 3.8) is 0 Å². The van der Waals surface area contributed by atoms with Crippen LogP contribution in [0.2, 0.25) is 0 Å². The van der Waals surface area contributed by atoms with Gasteiger partial charge in [0.1, 0.15) is 0 Å². The van der Waals surface area contributed by atoms with Gasteiger partial charge >= 0.3 is 0 Å². The molecule has 1 heterocycles. The van der Waals surface area contributed by atoms with Gasteiger partial charge in [-0.2, -0.15) is 0 Å². The maximum absolute atomic E-state index is 11.1. The van der Waals surface area contributed by atoms with E-state index in [2.05, 4.69) is 5.32 Å². The largest absolute Gasteiger partial charge is 0.375 e. The van der Waals surface area contributed by atoms with Gasteiger partial charge in [-0.3, -0.25) is 19.8 Å². The molecule has 1 rings (SSSR count). The number of hydrogen-bond donors (Lipinski definition) is 1. The van der Waals surface area contributed by atoms with Crippen molar-refractivity contribution in [1.29, 1.82) is 0 Å². The topological polar surface area (TPSA) is 58.6 Å². The molecule has 0 aromatic heterocycles. The van der Waals surface area contributed by atoms with E-state index >= 15 is 0 Å². The van der Waals surface area contributed by atoms with E-state index in [9.17, 15) is 9.59 Å². The highest BCUT2D eigenvalue weighted by Crippen LogP contribution is 2.12. The highest BCUT2D eigenvalue weighted by molar-refractivity contribution is 5.99. The molecule has 0 aromatic carbocycles. The van der Waals surface area contributed by atoms with E-state index in [4.69, 9.17) is 4.74 Å². The van der Waals surface area contributed by atoms with Gasteiger partial charge in [0.2, 0.25) is 11.8 Å². The minimum atomic E-state index is -0.327. The lowest BCUT2D eigenvalue weighted by Gasteiger charge is -2.33. The minimum Gasteiger partial charge on any atom is -0.375 e. The molecule has 0 radical (unpaired) electrons. The first-order chi connectivity index (χ1) is 6.93. The molecule has 0 aliphatic carbocycles. The standard InChI is InChI=1S/C10H18N2O3/c1-4-15-10(2,3)7-12-5-8(13)11-9(14)6-12/h4-7H2,1-3H3,(H,11,13,14). The Labute approximate surface area is 89.8 Å². The molecule has 0 unspecified atom stereocenters. The van der Waals surface area contributed by atoms with E-state index < -0.39 is 0 Å². The van der Waals surface area contributed by atoms with Gasteiger partial charge in [0.15, 0.2) is 0 Å². The molecule has 15 heavy (non-hydrogen) atoms. The van der Waals surface area contributed by atoms with Crippen LogP contribution in [0.1, 0.15) is 20.8 Å². The molecule has 1 saturated heterocycles. The van der Waals surface area contributed by atoms with Crippen LogP contribution in [0, 0.1) is 0 Å². The van der Waals surface area contributed by atoms with Crippen molar-refractivity contribution >= 4 is 11.8 Å². The predicted octanol–water partition coefficient (Wildman–Crippen LogP) is -0.240. The second-order valence-corrected chi connectivity index (χ2v) is 4.31. The van der Waals surface area contributed by atoms with Gasteiger partial charge in [-0.05, 0) is 20.8 Å². The Morgan fingerprint density at radius 3 is 2.33 bits per heavy atom. The Morgan fingerprint density at radius 2 is 1.87 bits per heavy atom. The van der Waals surface area contributed by atoms with Crippen molar-refractivity contribution < 1.29 is 14.3 Å². The monoisotopic (exact) mass is 214 g/mol. The molecule has 0 atom stereocenters. The number of amides is 2. The van der Waals surface area contributed by atoms with Crippen LogP contribution in [0.5, 0.6) is 0 Å². The lowest BCUT2D eigenvalue weighted by Crippen LogP contribution is -2.54. The normalized spacial score (nSPS) is 19.1. The van der Waals surface area contributed by atoms with E-state index in [1.54, 1.807) is 4.90 Å². The zero-order valence-corrected chi connectivity index (χ0v) is 9.50. The average Bonchev–Trinajstić information content (AvgIpc) is 1.99. The van der Waals surface area contributed by atoms with Gasteiger partial charge in [0, 0.05) is 13.2 Å². The summed E-state index contributed by atoms with van der Waals surface area (Å²) in [6.45, 7) is 7.57. The van der Waals surface area contributed by atoms with Gasteiger partial charge in [-0.25, -0.2) is 0 Å². The molecule has 1 aliphatic heterocycles. The van der Waals surface area contributed by atoms with E-state index in [1.165, 1.54) is 0 Å². The third-order valence-corrected chi connectivity index (χ3v) is 2.15. The Morgan fingerprint density at radius 1 is 1.33 bits per heavy atom. The van der Waals surface area contributed by atoms with Crippen molar-refractivity contribution in [2.45, 2.75) is 26.4 Å². The van der Waals surface area contributed by atoms with Crippen LogP contribution in [-0.4, -0.2) is 48.6 Å². The zero-order valence-electron chi connectivity index (χ0n) is 9.50. The molecule has 0 saturated carbocycles. The van der Waals surface area contributed by atoms with E-state index in [1.807, 2.05) is 20.8 Å². The Bertz CT molecular complexity index is 247. The van der Waals surface area contributed by atoms with Crippen LogP contribution < -0.4 is 5.32 Å². The average molecular weight is 214 g/mol. The highest BCUT2D eigenvalue weighted by atomic mass is 16.5. The lowest BCUT2D eigenvalue weighted by molar-refractivity contribution is -0.137. The zero-order chi connectivity index (χ0) is 11.5. The second kappa shape index (κ2) is 4.72. The SMILES string of the molecule is CCOC(C)(C)CN1CC(=O)NC(=O)C1. The lowest BCUT2D eigenvalue weighted by atomic mass is 10.1. The summed E-state index contributed by atoms with van der Waals surface area (Å²) >= 11 is 0. The number of nitrogens with one attached hydrogen (secondary N) is 1. The summed E-state index contributed by atoms with van der Waals surface area (Å²) in [5.74, 6) is -0.475. The van der Waals surface area contributed by atoms with Gasteiger partial charge < -0.3 is 4.74 Å². The van der Waals surface area contributed by atoms with Gasteiger partial charge in [-0.15, -0.1) is 0 Å². The molecule has 1 fully saturated rings. The summed E-state index contributed by atoms with van der Waals surface area (Å²) in [4.78, 5) is 24.0. The van der Waals surface area contributed by atoms with Crippen LogP contribution in [0.25, 0.3) is 0 Å². The summed E-state index contributed by atoms with van der Waals surface area (Å²) < 4.78 is 5.52. The third kappa shape index (κ3) is 3.97. The van der Waals surface area contributed by atoms with E-state index in [-0.39, 0.29) is 30.5 Å². The molecule has 2 amide bonds. The smallest absolute Gasteiger partial charge is 0.240 e. The van der Waals surface area contributed by atoms with Crippen LogP contribution in [0.3, 0.4) is 0 Å². The Kier molecular flexibility index (Phi) is 3.82. The number of hydrogen-bond acceptors (Lipinski definition) is 4. The third-order valence-electron chi connectivity index (χ3n) is 2.15. The molecule has 0 bridgehead atoms. The number of rotatable bonds is 4. The minimum absolute atomic E-state index is 0.237. The highest BCUT2D eigenvalue weighted by Gasteiger charge is 2.28.